The number of methoxy groups -OCH3 is 2. The number of rotatable bonds is 9. The average Bonchev–Trinajstić information content (AvgIpc) is 2.57. The van der Waals surface area contributed by atoms with Gasteiger partial charge in [0.25, 0.3) is 0 Å². The highest BCUT2D eigenvalue weighted by atomic mass is 16.5. The number of ether oxygens (including phenoxy) is 2. The van der Waals surface area contributed by atoms with Crippen LogP contribution in [0.15, 0.2) is 54.6 Å². The second kappa shape index (κ2) is 9.23. The Morgan fingerprint density at radius 1 is 0.727 bits per heavy atom. The molecule has 0 atom stereocenters. The van der Waals surface area contributed by atoms with Crippen LogP contribution >= 0.6 is 0 Å². The van der Waals surface area contributed by atoms with Crippen molar-refractivity contribution in [2.75, 3.05) is 45.4 Å². The van der Waals surface area contributed by atoms with E-state index in [0.717, 1.165) is 32.7 Å². The van der Waals surface area contributed by atoms with Crippen molar-refractivity contribution in [3.63, 3.8) is 0 Å². The van der Waals surface area contributed by atoms with E-state index < -0.39 is 0 Å². The molecule has 0 saturated heterocycles. The summed E-state index contributed by atoms with van der Waals surface area (Å²) in [5.74, 6) is 0. The summed E-state index contributed by atoms with van der Waals surface area (Å²) in [6, 6.07) is 19.3. The van der Waals surface area contributed by atoms with Gasteiger partial charge in [-0.25, -0.2) is 0 Å². The fourth-order valence-corrected chi connectivity index (χ4v) is 2.43. The molecule has 0 heterocycles. The summed E-state index contributed by atoms with van der Waals surface area (Å²) in [6.45, 7) is 3.18. The lowest BCUT2D eigenvalue weighted by molar-refractivity contribution is 0.190. The Morgan fingerprint density at radius 3 is 1.82 bits per heavy atom. The van der Waals surface area contributed by atoms with Crippen LogP contribution in [0.5, 0.6) is 0 Å². The molecule has 2 aromatic rings. The first kappa shape index (κ1) is 16.5. The Balaban J connectivity index is 2.01. The molecule has 3 heteroatoms. The van der Waals surface area contributed by atoms with Crippen molar-refractivity contribution in [1.82, 2.24) is 0 Å². The summed E-state index contributed by atoms with van der Waals surface area (Å²) in [5, 5.41) is 0. The number of anilines is 1. The van der Waals surface area contributed by atoms with Crippen molar-refractivity contribution in [1.29, 1.82) is 0 Å². The number of nitrogens with zero attached hydrogens (tertiary/aromatic N) is 1. The molecule has 118 valence electrons. The van der Waals surface area contributed by atoms with Gasteiger partial charge in [-0.3, -0.25) is 0 Å². The van der Waals surface area contributed by atoms with Crippen LogP contribution in [0.4, 0.5) is 5.69 Å². The SMILES string of the molecule is COCCN(CCOC)c1ccc(Cc2ccccc2)cc1. The van der Waals surface area contributed by atoms with Gasteiger partial charge in [0.2, 0.25) is 0 Å². The highest BCUT2D eigenvalue weighted by molar-refractivity contribution is 5.48. The Morgan fingerprint density at radius 2 is 1.27 bits per heavy atom. The molecule has 0 aromatic heterocycles. The summed E-state index contributed by atoms with van der Waals surface area (Å²) in [4.78, 5) is 2.29. The van der Waals surface area contributed by atoms with Gasteiger partial charge in [0.05, 0.1) is 13.2 Å². The van der Waals surface area contributed by atoms with Crippen LogP contribution in [-0.4, -0.2) is 40.5 Å². The van der Waals surface area contributed by atoms with E-state index in [1.807, 2.05) is 0 Å². The molecule has 0 unspecified atom stereocenters. The van der Waals surface area contributed by atoms with Crippen LogP contribution in [0.2, 0.25) is 0 Å². The molecule has 0 amide bonds. The van der Waals surface area contributed by atoms with Crippen molar-refractivity contribution in [2.24, 2.45) is 0 Å². The van der Waals surface area contributed by atoms with Crippen LogP contribution in [0.25, 0.3) is 0 Å². The maximum Gasteiger partial charge on any atom is 0.0637 e. The highest BCUT2D eigenvalue weighted by Crippen LogP contribution is 2.17. The average molecular weight is 299 g/mol. The normalized spacial score (nSPS) is 10.6. The summed E-state index contributed by atoms with van der Waals surface area (Å²) < 4.78 is 10.4. The molecule has 0 spiro atoms. The van der Waals surface area contributed by atoms with Crippen molar-refractivity contribution >= 4 is 5.69 Å². The molecular weight excluding hydrogens is 274 g/mol. The zero-order valence-electron chi connectivity index (χ0n) is 13.5. The molecule has 0 fully saturated rings. The first-order chi connectivity index (χ1) is 10.8. The van der Waals surface area contributed by atoms with Gasteiger partial charge in [0.15, 0.2) is 0 Å². The third kappa shape index (κ3) is 5.17. The zero-order chi connectivity index (χ0) is 15.6. The Hall–Kier alpha value is -1.84. The van der Waals surface area contributed by atoms with Crippen LogP contribution < -0.4 is 4.90 Å². The maximum atomic E-state index is 5.19. The molecule has 0 saturated carbocycles. The maximum absolute atomic E-state index is 5.19. The lowest BCUT2D eigenvalue weighted by atomic mass is 10.0. The predicted octanol–water partition coefficient (Wildman–Crippen LogP) is 3.38. The predicted molar refractivity (Wildman–Crippen MR) is 91.7 cm³/mol. The molecule has 0 aliphatic heterocycles. The molecule has 22 heavy (non-hydrogen) atoms. The van der Waals surface area contributed by atoms with Gasteiger partial charge in [0.1, 0.15) is 0 Å². The van der Waals surface area contributed by atoms with E-state index in [4.69, 9.17) is 9.47 Å². The van der Waals surface area contributed by atoms with Crippen LogP contribution in [0, 0.1) is 0 Å². The van der Waals surface area contributed by atoms with Gasteiger partial charge < -0.3 is 14.4 Å². The Labute approximate surface area is 133 Å². The molecule has 0 radical (unpaired) electrons. The van der Waals surface area contributed by atoms with Crippen molar-refractivity contribution in [3.8, 4) is 0 Å². The van der Waals surface area contributed by atoms with Crippen LogP contribution in [-0.2, 0) is 15.9 Å². The Kier molecular flexibility index (Phi) is 6.94. The molecule has 2 rings (SSSR count). The largest absolute Gasteiger partial charge is 0.383 e. The standard InChI is InChI=1S/C19H25NO2/c1-21-14-12-20(13-15-22-2)19-10-8-18(9-11-19)16-17-6-4-3-5-7-17/h3-11H,12-16H2,1-2H3. The van der Waals surface area contributed by atoms with Crippen molar-refractivity contribution in [3.05, 3.63) is 65.7 Å². The minimum atomic E-state index is 0.718. The van der Waals surface area contributed by atoms with E-state index in [9.17, 15) is 0 Å². The van der Waals surface area contributed by atoms with E-state index in [-0.39, 0.29) is 0 Å². The number of hydrogen-bond acceptors (Lipinski definition) is 3. The van der Waals surface area contributed by atoms with Gasteiger partial charge in [0, 0.05) is 33.0 Å². The van der Waals surface area contributed by atoms with Crippen molar-refractivity contribution < 1.29 is 9.47 Å². The smallest absolute Gasteiger partial charge is 0.0637 e. The number of hydrogen-bond donors (Lipinski definition) is 0. The van der Waals surface area contributed by atoms with E-state index >= 15 is 0 Å². The fraction of sp³-hybridized carbons (Fsp3) is 0.368. The first-order valence-corrected chi connectivity index (χ1v) is 7.69. The Bertz CT molecular complexity index is 517. The molecule has 0 aliphatic carbocycles. The van der Waals surface area contributed by atoms with E-state index in [0.29, 0.717) is 0 Å². The third-order valence-corrected chi connectivity index (χ3v) is 3.68. The lowest BCUT2D eigenvalue weighted by Crippen LogP contribution is -2.30. The van der Waals surface area contributed by atoms with Gasteiger partial charge in [-0.2, -0.15) is 0 Å². The highest BCUT2D eigenvalue weighted by Gasteiger charge is 2.06. The molecule has 0 N–H and O–H groups in total. The van der Waals surface area contributed by atoms with Gasteiger partial charge >= 0.3 is 0 Å². The van der Waals surface area contributed by atoms with Gasteiger partial charge in [-0.1, -0.05) is 42.5 Å². The molecule has 0 bridgehead atoms. The number of benzene rings is 2. The topological polar surface area (TPSA) is 21.7 Å². The van der Waals surface area contributed by atoms with Crippen LogP contribution in [0.1, 0.15) is 11.1 Å². The second-order valence-electron chi connectivity index (χ2n) is 5.30. The molecule has 0 aliphatic rings. The van der Waals surface area contributed by atoms with Gasteiger partial charge in [-0.05, 0) is 29.7 Å². The molecular formula is C19H25NO2. The second-order valence-corrected chi connectivity index (χ2v) is 5.30. The summed E-state index contributed by atoms with van der Waals surface area (Å²) in [6.07, 6.45) is 0.970. The minimum Gasteiger partial charge on any atom is -0.383 e. The van der Waals surface area contributed by atoms with Crippen LogP contribution in [0.3, 0.4) is 0 Å². The monoisotopic (exact) mass is 299 g/mol. The van der Waals surface area contributed by atoms with E-state index in [1.54, 1.807) is 14.2 Å². The molecule has 2 aromatic carbocycles. The summed E-state index contributed by atoms with van der Waals surface area (Å²) in [7, 11) is 3.47. The third-order valence-electron chi connectivity index (χ3n) is 3.68. The van der Waals surface area contributed by atoms with Crippen molar-refractivity contribution in [2.45, 2.75) is 6.42 Å². The summed E-state index contributed by atoms with van der Waals surface area (Å²) >= 11 is 0. The fourth-order valence-electron chi connectivity index (χ4n) is 2.43. The minimum absolute atomic E-state index is 0.718. The zero-order valence-corrected chi connectivity index (χ0v) is 13.5. The quantitative estimate of drug-likeness (QED) is 0.708. The van der Waals surface area contributed by atoms with E-state index in [1.165, 1.54) is 16.8 Å². The van der Waals surface area contributed by atoms with Gasteiger partial charge in [-0.15, -0.1) is 0 Å². The first-order valence-electron chi connectivity index (χ1n) is 7.69. The molecule has 3 nitrogen and oxygen atoms in total. The lowest BCUT2D eigenvalue weighted by Gasteiger charge is -2.24. The van der Waals surface area contributed by atoms with E-state index in [2.05, 4.69) is 59.5 Å². The summed E-state index contributed by atoms with van der Waals surface area (Å²) in [5.41, 5.74) is 3.88.